The molecule has 2 heterocycles. The molecule has 166 valence electrons. The number of para-hydroxylation sites is 1. The van der Waals surface area contributed by atoms with E-state index in [0.29, 0.717) is 30.3 Å². The van der Waals surface area contributed by atoms with Gasteiger partial charge in [-0.15, -0.1) is 0 Å². The molecule has 0 aliphatic carbocycles. The third kappa shape index (κ3) is 4.35. The van der Waals surface area contributed by atoms with Crippen molar-refractivity contribution in [3.63, 3.8) is 0 Å². The highest BCUT2D eigenvalue weighted by Gasteiger charge is 2.20. The van der Waals surface area contributed by atoms with Gasteiger partial charge in [0.2, 0.25) is 0 Å². The van der Waals surface area contributed by atoms with E-state index in [1.54, 1.807) is 33.7 Å². The molecule has 0 radical (unpaired) electrons. The summed E-state index contributed by atoms with van der Waals surface area (Å²) in [7, 11) is 0. The van der Waals surface area contributed by atoms with Crippen LogP contribution in [0.3, 0.4) is 0 Å². The minimum absolute atomic E-state index is 0.0277. The van der Waals surface area contributed by atoms with Crippen molar-refractivity contribution < 1.29 is 14.3 Å². The Morgan fingerprint density at radius 3 is 2.52 bits per heavy atom. The van der Waals surface area contributed by atoms with E-state index < -0.39 is 0 Å². The second-order valence-corrected chi connectivity index (χ2v) is 8.29. The summed E-state index contributed by atoms with van der Waals surface area (Å²) in [5.74, 6) is -0.131. The molecular weight excluding hydrogens is 438 g/mol. The largest absolute Gasteiger partial charge is 0.381 e. The molecular formula is C26H22ClN3O3. The summed E-state index contributed by atoms with van der Waals surface area (Å²) in [6, 6.07) is 22.5. The summed E-state index contributed by atoms with van der Waals surface area (Å²) in [5.41, 5.74) is 4.24. The first-order valence-electron chi connectivity index (χ1n) is 10.7. The number of carbonyl (C=O) groups is 2. The molecule has 1 aliphatic heterocycles. The molecule has 4 aromatic rings. The smallest absolute Gasteiger partial charge is 0.262 e. The van der Waals surface area contributed by atoms with Crippen molar-refractivity contribution >= 4 is 45.7 Å². The number of nitrogens with zero attached hydrogens (tertiary/aromatic N) is 2. The number of benzene rings is 3. The van der Waals surface area contributed by atoms with Gasteiger partial charge in [-0.2, -0.15) is 0 Å². The minimum atomic E-state index is -0.103. The van der Waals surface area contributed by atoms with Crippen molar-refractivity contribution in [3.05, 3.63) is 95.1 Å². The van der Waals surface area contributed by atoms with Gasteiger partial charge in [0.05, 0.1) is 12.1 Å². The minimum Gasteiger partial charge on any atom is -0.381 e. The standard InChI is InChI=1S/C26H22ClN3O3/c27-20-7-5-18(6-8-20)26(32)30-16-19(23-3-1-2-4-24(23)30)15-28-21-9-11-22(12-10-21)29-13-14-33-17-25(29)31/h1-12,16,28H,13-15,17H2. The van der Waals surface area contributed by atoms with Crippen LogP contribution >= 0.6 is 11.6 Å². The van der Waals surface area contributed by atoms with Crippen molar-refractivity contribution in [2.24, 2.45) is 0 Å². The average molecular weight is 460 g/mol. The van der Waals surface area contributed by atoms with E-state index in [4.69, 9.17) is 16.3 Å². The molecule has 0 unspecified atom stereocenters. The zero-order chi connectivity index (χ0) is 22.8. The first-order valence-corrected chi connectivity index (χ1v) is 11.1. The summed E-state index contributed by atoms with van der Waals surface area (Å²) < 4.78 is 6.88. The Hall–Kier alpha value is -3.61. The van der Waals surface area contributed by atoms with Crippen molar-refractivity contribution in [3.8, 4) is 0 Å². The summed E-state index contributed by atoms with van der Waals surface area (Å²) >= 11 is 5.97. The SMILES string of the molecule is O=C1COCCN1c1ccc(NCc2cn(C(=O)c3ccc(Cl)cc3)c3ccccc23)cc1. The maximum absolute atomic E-state index is 13.1. The lowest BCUT2D eigenvalue weighted by molar-refractivity contribution is -0.125. The van der Waals surface area contributed by atoms with Gasteiger partial charge < -0.3 is 15.0 Å². The van der Waals surface area contributed by atoms with E-state index >= 15 is 0 Å². The van der Waals surface area contributed by atoms with Crippen LogP contribution < -0.4 is 10.2 Å². The number of nitrogens with one attached hydrogen (secondary N) is 1. The lowest BCUT2D eigenvalue weighted by Crippen LogP contribution is -2.41. The van der Waals surface area contributed by atoms with E-state index in [1.807, 2.05) is 54.7 Å². The van der Waals surface area contributed by atoms with Crippen molar-refractivity contribution in [1.29, 1.82) is 0 Å². The van der Waals surface area contributed by atoms with Crippen LogP contribution in [-0.4, -0.2) is 36.1 Å². The number of carbonyl (C=O) groups excluding carboxylic acids is 2. The number of aromatic nitrogens is 1. The van der Waals surface area contributed by atoms with Gasteiger partial charge in [0.25, 0.3) is 11.8 Å². The Morgan fingerprint density at radius 2 is 1.76 bits per heavy atom. The third-order valence-electron chi connectivity index (χ3n) is 5.75. The Kier molecular flexibility index (Phi) is 5.86. The van der Waals surface area contributed by atoms with Crippen molar-refractivity contribution in [2.75, 3.05) is 30.0 Å². The fraction of sp³-hybridized carbons (Fsp3) is 0.154. The Bertz CT molecular complexity index is 1310. The van der Waals surface area contributed by atoms with Gasteiger partial charge in [0, 0.05) is 46.6 Å². The van der Waals surface area contributed by atoms with Crippen LogP contribution in [0.2, 0.25) is 5.02 Å². The molecule has 1 saturated heterocycles. The molecule has 7 heteroatoms. The normalized spacial score (nSPS) is 14.0. The molecule has 0 atom stereocenters. The van der Waals surface area contributed by atoms with Gasteiger partial charge in [-0.05, 0) is 60.2 Å². The van der Waals surface area contributed by atoms with Gasteiger partial charge in [0.1, 0.15) is 6.61 Å². The third-order valence-corrected chi connectivity index (χ3v) is 6.00. The van der Waals surface area contributed by atoms with Gasteiger partial charge in [-0.25, -0.2) is 0 Å². The zero-order valence-electron chi connectivity index (χ0n) is 17.8. The summed E-state index contributed by atoms with van der Waals surface area (Å²) in [6.45, 7) is 1.79. The number of anilines is 2. The number of ether oxygens (including phenoxy) is 1. The van der Waals surface area contributed by atoms with Crippen molar-refractivity contribution in [2.45, 2.75) is 6.54 Å². The van der Waals surface area contributed by atoms with Crippen LogP contribution in [0.25, 0.3) is 10.9 Å². The lowest BCUT2D eigenvalue weighted by Gasteiger charge is -2.27. The van der Waals surface area contributed by atoms with Crippen LogP contribution in [-0.2, 0) is 16.1 Å². The fourth-order valence-electron chi connectivity index (χ4n) is 4.04. The molecule has 3 aromatic carbocycles. The molecule has 0 spiro atoms. The number of hydrogen-bond acceptors (Lipinski definition) is 4. The molecule has 1 aromatic heterocycles. The van der Waals surface area contributed by atoms with Crippen LogP contribution in [0.4, 0.5) is 11.4 Å². The van der Waals surface area contributed by atoms with Crippen LogP contribution in [0.1, 0.15) is 15.9 Å². The van der Waals surface area contributed by atoms with E-state index in [-0.39, 0.29) is 18.4 Å². The number of halogens is 1. The number of fused-ring (bicyclic) bond motifs is 1. The van der Waals surface area contributed by atoms with E-state index in [2.05, 4.69) is 5.32 Å². The molecule has 0 saturated carbocycles. The quantitative estimate of drug-likeness (QED) is 0.458. The van der Waals surface area contributed by atoms with Gasteiger partial charge in [-0.1, -0.05) is 29.8 Å². The van der Waals surface area contributed by atoms with Crippen LogP contribution in [0, 0.1) is 0 Å². The van der Waals surface area contributed by atoms with E-state index in [9.17, 15) is 9.59 Å². The highest BCUT2D eigenvalue weighted by atomic mass is 35.5. The van der Waals surface area contributed by atoms with Crippen LogP contribution in [0.15, 0.2) is 79.0 Å². The number of rotatable bonds is 5. The Balaban J connectivity index is 1.36. The fourth-order valence-corrected chi connectivity index (χ4v) is 4.16. The molecule has 33 heavy (non-hydrogen) atoms. The molecule has 1 amide bonds. The molecule has 5 rings (SSSR count). The van der Waals surface area contributed by atoms with Crippen molar-refractivity contribution in [1.82, 2.24) is 4.57 Å². The molecule has 1 fully saturated rings. The summed E-state index contributed by atoms with van der Waals surface area (Å²) in [6.07, 6.45) is 1.88. The van der Waals surface area contributed by atoms with Crippen LogP contribution in [0.5, 0.6) is 0 Å². The number of amides is 1. The highest BCUT2D eigenvalue weighted by Crippen LogP contribution is 2.25. The number of hydrogen-bond donors (Lipinski definition) is 1. The maximum atomic E-state index is 13.1. The second-order valence-electron chi connectivity index (χ2n) is 7.85. The summed E-state index contributed by atoms with van der Waals surface area (Å²) in [5, 5.41) is 5.04. The average Bonchev–Trinajstić information content (AvgIpc) is 3.22. The monoisotopic (exact) mass is 459 g/mol. The van der Waals surface area contributed by atoms with Gasteiger partial charge in [-0.3, -0.25) is 14.2 Å². The molecule has 1 N–H and O–H groups in total. The van der Waals surface area contributed by atoms with Gasteiger partial charge >= 0.3 is 0 Å². The first kappa shape index (κ1) is 21.2. The van der Waals surface area contributed by atoms with E-state index in [1.165, 1.54) is 0 Å². The molecule has 0 bridgehead atoms. The predicted molar refractivity (Wildman–Crippen MR) is 130 cm³/mol. The summed E-state index contributed by atoms with van der Waals surface area (Å²) in [4.78, 5) is 26.9. The predicted octanol–water partition coefficient (Wildman–Crippen LogP) is 4.96. The second kappa shape index (κ2) is 9.10. The number of morpholine rings is 1. The molecule has 1 aliphatic rings. The van der Waals surface area contributed by atoms with E-state index in [0.717, 1.165) is 27.8 Å². The van der Waals surface area contributed by atoms with Gasteiger partial charge in [0.15, 0.2) is 0 Å². The zero-order valence-corrected chi connectivity index (χ0v) is 18.6. The lowest BCUT2D eigenvalue weighted by atomic mass is 10.1. The maximum Gasteiger partial charge on any atom is 0.262 e. The Labute approximate surface area is 196 Å². The highest BCUT2D eigenvalue weighted by molar-refractivity contribution is 6.30. The Morgan fingerprint density at radius 1 is 1.00 bits per heavy atom. The molecule has 6 nitrogen and oxygen atoms in total. The topological polar surface area (TPSA) is 63.6 Å². The first-order chi connectivity index (χ1) is 16.1.